The van der Waals surface area contributed by atoms with Crippen LogP contribution in [0.1, 0.15) is 12.5 Å². The van der Waals surface area contributed by atoms with Crippen LogP contribution in [0.25, 0.3) is 0 Å². The minimum Gasteiger partial charge on any atom is -0.438 e. The molecule has 0 spiro atoms. The molecule has 2 rings (SSSR count). The van der Waals surface area contributed by atoms with Gasteiger partial charge in [0.15, 0.2) is 0 Å². The van der Waals surface area contributed by atoms with Crippen LogP contribution in [0.4, 0.5) is 0 Å². The lowest BCUT2D eigenvalue weighted by Crippen LogP contribution is -2.18. The zero-order valence-electron chi connectivity index (χ0n) is 10.4. The van der Waals surface area contributed by atoms with Gasteiger partial charge >= 0.3 is 0 Å². The van der Waals surface area contributed by atoms with Gasteiger partial charge in [0.05, 0.1) is 4.47 Å². The van der Waals surface area contributed by atoms with Crippen molar-refractivity contribution in [2.24, 2.45) is 5.73 Å². The van der Waals surface area contributed by atoms with Gasteiger partial charge in [0.2, 0.25) is 5.88 Å². The first-order valence-electron chi connectivity index (χ1n) is 5.88. The van der Waals surface area contributed by atoms with Crippen molar-refractivity contribution in [1.29, 1.82) is 0 Å². The largest absolute Gasteiger partial charge is 0.438 e. The molecule has 0 aliphatic rings. The second kappa shape index (κ2) is 6.37. The number of ether oxygens (including phenoxy) is 1. The van der Waals surface area contributed by atoms with E-state index >= 15 is 0 Å². The molecule has 0 amide bonds. The van der Waals surface area contributed by atoms with Gasteiger partial charge in [-0.25, -0.2) is 4.98 Å². The topological polar surface area (TPSA) is 48.1 Å². The molecular weight excluding hydrogens is 328 g/mol. The maximum atomic E-state index is 5.90. The predicted molar refractivity (Wildman–Crippen MR) is 80.8 cm³/mol. The van der Waals surface area contributed by atoms with E-state index in [1.54, 1.807) is 24.4 Å². The average molecular weight is 342 g/mol. The number of halogens is 2. The zero-order chi connectivity index (χ0) is 13.8. The van der Waals surface area contributed by atoms with Crippen LogP contribution in [-0.4, -0.2) is 11.0 Å². The first kappa shape index (κ1) is 14.3. The highest BCUT2D eigenvalue weighted by molar-refractivity contribution is 9.10. The molecule has 0 bridgehead atoms. The number of pyridine rings is 1. The first-order chi connectivity index (χ1) is 9.06. The number of benzene rings is 1. The van der Waals surface area contributed by atoms with Crippen LogP contribution in [-0.2, 0) is 6.42 Å². The fourth-order valence-electron chi connectivity index (χ4n) is 1.68. The summed E-state index contributed by atoms with van der Waals surface area (Å²) in [6, 6.07) is 9.26. The van der Waals surface area contributed by atoms with Crippen molar-refractivity contribution in [3.8, 4) is 11.6 Å². The van der Waals surface area contributed by atoms with Gasteiger partial charge in [-0.15, -0.1) is 0 Å². The van der Waals surface area contributed by atoms with Crippen LogP contribution in [0.15, 0.2) is 41.0 Å². The molecule has 0 aliphatic heterocycles. The predicted octanol–water partition coefficient (Wildman–Crippen LogP) is 4.18. The Morgan fingerprint density at radius 3 is 2.89 bits per heavy atom. The molecular formula is C14H14BrClN2O. The molecule has 1 atom stereocenters. The lowest BCUT2D eigenvalue weighted by atomic mass is 10.1. The molecule has 0 radical (unpaired) electrons. The fourth-order valence-corrected chi connectivity index (χ4v) is 2.44. The SMILES string of the molecule is CC(N)Cc1cccnc1Oc1ccc(Cl)cc1Br. The number of hydrogen-bond donors (Lipinski definition) is 1. The van der Waals surface area contributed by atoms with Crippen LogP contribution in [0.2, 0.25) is 5.02 Å². The Hall–Kier alpha value is -1.10. The highest BCUT2D eigenvalue weighted by Crippen LogP contribution is 2.32. The van der Waals surface area contributed by atoms with E-state index in [1.165, 1.54) is 0 Å². The summed E-state index contributed by atoms with van der Waals surface area (Å²) in [4.78, 5) is 4.26. The summed E-state index contributed by atoms with van der Waals surface area (Å²) in [6.45, 7) is 1.95. The number of hydrogen-bond acceptors (Lipinski definition) is 3. The van der Waals surface area contributed by atoms with E-state index < -0.39 is 0 Å². The molecule has 0 saturated carbocycles. The Morgan fingerprint density at radius 2 is 2.21 bits per heavy atom. The molecule has 0 saturated heterocycles. The van der Waals surface area contributed by atoms with Crippen molar-refractivity contribution in [3.63, 3.8) is 0 Å². The molecule has 0 aliphatic carbocycles. The zero-order valence-corrected chi connectivity index (χ0v) is 12.8. The molecule has 1 aromatic carbocycles. The Labute approximate surface area is 125 Å². The van der Waals surface area contributed by atoms with Gasteiger partial charge in [0.1, 0.15) is 5.75 Å². The van der Waals surface area contributed by atoms with Crippen molar-refractivity contribution in [2.45, 2.75) is 19.4 Å². The lowest BCUT2D eigenvalue weighted by molar-refractivity contribution is 0.451. The molecule has 2 N–H and O–H groups in total. The van der Waals surface area contributed by atoms with Gasteiger partial charge in [-0.1, -0.05) is 17.7 Å². The van der Waals surface area contributed by atoms with E-state index in [9.17, 15) is 0 Å². The molecule has 100 valence electrons. The van der Waals surface area contributed by atoms with Crippen molar-refractivity contribution in [3.05, 3.63) is 51.6 Å². The maximum Gasteiger partial charge on any atom is 0.222 e. The molecule has 1 aromatic heterocycles. The van der Waals surface area contributed by atoms with E-state index in [-0.39, 0.29) is 6.04 Å². The highest BCUT2D eigenvalue weighted by atomic mass is 79.9. The highest BCUT2D eigenvalue weighted by Gasteiger charge is 2.10. The molecule has 1 heterocycles. The Balaban J connectivity index is 2.27. The van der Waals surface area contributed by atoms with Gasteiger partial charge < -0.3 is 10.5 Å². The van der Waals surface area contributed by atoms with Crippen molar-refractivity contribution in [1.82, 2.24) is 4.98 Å². The molecule has 3 nitrogen and oxygen atoms in total. The van der Waals surface area contributed by atoms with Crippen molar-refractivity contribution < 1.29 is 4.74 Å². The Bertz CT molecular complexity index is 575. The van der Waals surface area contributed by atoms with E-state index in [0.717, 1.165) is 10.0 Å². The summed E-state index contributed by atoms with van der Waals surface area (Å²) < 4.78 is 6.61. The van der Waals surface area contributed by atoms with Gasteiger partial charge in [0.25, 0.3) is 0 Å². The fraction of sp³-hybridized carbons (Fsp3) is 0.214. The third kappa shape index (κ3) is 3.93. The summed E-state index contributed by atoms with van der Waals surface area (Å²) in [7, 11) is 0. The van der Waals surface area contributed by atoms with Crippen LogP contribution >= 0.6 is 27.5 Å². The van der Waals surface area contributed by atoms with Gasteiger partial charge in [-0.05, 0) is 53.5 Å². The van der Waals surface area contributed by atoms with Crippen LogP contribution < -0.4 is 10.5 Å². The summed E-state index contributed by atoms with van der Waals surface area (Å²) >= 11 is 9.32. The quantitative estimate of drug-likeness (QED) is 0.907. The normalized spacial score (nSPS) is 12.2. The summed E-state index contributed by atoms with van der Waals surface area (Å²) in [5.41, 5.74) is 6.81. The average Bonchev–Trinajstić information content (AvgIpc) is 2.34. The van der Waals surface area contributed by atoms with Crippen molar-refractivity contribution >= 4 is 27.5 Å². The third-order valence-electron chi connectivity index (χ3n) is 2.49. The number of rotatable bonds is 4. The third-order valence-corrected chi connectivity index (χ3v) is 3.35. The second-order valence-electron chi connectivity index (χ2n) is 4.33. The van der Waals surface area contributed by atoms with E-state index in [4.69, 9.17) is 22.1 Å². The Morgan fingerprint density at radius 1 is 1.42 bits per heavy atom. The van der Waals surface area contributed by atoms with E-state index in [2.05, 4.69) is 20.9 Å². The van der Waals surface area contributed by atoms with Gasteiger partial charge in [-0.2, -0.15) is 0 Å². The number of nitrogens with zero attached hydrogens (tertiary/aromatic N) is 1. The summed E-state index contributed by atoms with van der Waals surface area (Å²) in [5, 5.41) is 0.649. The standard InChI is InChI=1S/C14H14BrClN2O/c1-9(17)7-10-3-2-6-18-14(10)19-13-5-4-11(16)8-12(13)15/h2-6,8-9H,7,17H2,1H3. The van der Waals surface area contributed by atoms with Crippen LogP contribution in [0, 0.1) is 0 Å². The molecule has 1 unspecified atom stereocenters. The van der Waals surface area contributed by atoms with Crippen LogP contribution in [0.5, 0.6) is 11.6 Å². The maximum absolute atomic E-state index is 5.90. The van der Waals surface area contributed by atoms with Gasteiger partial charge in [-0.3, -0.25) is 0 Å². The van der Waals surface area contributed by atoms with E-state index in [0.29, 0.717) is 23.1 Å². The van der Waals surface area contributed by atoms with Crippen molar-refractivity contribution in [2.75, 3.05) is 0 Å². The van der Waals surface area contributed by atoms with Crippen LogP contribution in [0.3, 0.4) is 0 Å². The second-order valence-corrected chi connectivity index (χ2v) is 5.62. The lowest BCUT2D eigenvalue weighted by Gasteiger charge is -2.12. The minimum atomic E-state index is 0.0557. The molecule has 2 aromatic rings. The number of aromatic nitrogens is 1. The van der Waals surface area contributed by atoms with Gasteiger partial charge in [0, 0.05) is 22.8 Å². The first-order valence-corrected chi connectivity index (χ1v) is 7.05. The number of nitrogens with two attached hydrogens (primary N) is 1. The Kier molecular flexibility index (Phi) is 4.80. The summed E-state index contributed by atoms with van der Waals surface area (Å²) in [6.07, 6.45) is 2.41. The smallest absolute Gasteiger partial charge is 0.222 e. The summed E-state index contributed by atoms with van der Waals surface area (Å²) in [5.74, 6) is 1.25. The van der Waals surface area contributed by atoms with E-state index in [1.807, 2.05) is 19.1 Å². The monoisotopic (exact) mass is 340 g/mol. The molecule has 19 heavy (non-hydrogen) atoms. The minimum absolute atomic E-state index is 0.0557. The molecule has 5 heteroatoms. The molecule has 0 fully saturated rings.